The van der Waals surface area contributed by atoms with Gasteiger partial charge in [-0.05, 0) is 72.5 Å². The van der Waals surface area contributed by atoms with Gasteiger partial charge in [-0.25, -0.2) is 0 Å². The second kappa shape index (κ2) is 9.61. The molecular weight excluding hydrogens is 454 g/mol. The number of hydrogen-bond donors (Lipinski definition) is 2. The minimum absolute atomic E-state index is 0.0105. The molecule has 3 aromatic carbocycles. The van der Waals surface area contributed by atoms with Crippen LogP contribution in [-0.2, 0) is 16.0 Å². The fourth-order valence-electron chi connectivity index (χ4n) is 4.20. The Bertz CT molecular complexity index is 1270. The van der Waals surface area contributed by atoms with Gasteiger partial charge in [-0.1, -0.05) is 35.9 Å². The third kappa shape index (κ3) is 4.50. The molecule has 1 atom stereocenters. The number of hydrogen-bond acceptors (Lipinski definition) is 5. The highest BCUT2D eigenvalue weighted by atomic mass is 35.5. The first kappa shape index (κ1) is 23.4. The lowest BCUT2D eigenvalue weighted by atomic mass is 9.94. The molecule has 0 saturated carbocycles. The Kier molecular flexibility index (Phi) is 6.61. The van der Waals surface area contributed by atoms with Gasteiger partial charge in [0, 0.05) is 17.1 Å². The van der Waals surface area contributed by atoms with Gasteiger partial charge in [-0.2, -0.15) is 0 Å². The number of rotatable bonds is 6. The number of methoxy groups -OCH3 is 1. The van der Waals surface area contributed by atoms with Crippen molar-refractivity contribution in [3.8, 4) is 11.5 Å². The van der Waals surface area contributed by atoms with E-state index >= 15 is 0 Å². The molecule has 3 aromatic rings. The minimum atomic E-state index is -0.796. The van der Waals surface area contributed by atoms with Crippen molar-refractivity contribution in [2.45, 2.75) is 19.4 Å². The summed E-state index contributed by atoms with van der Waals surface area (Å²) in [5.41, 5.74) is 2.78. The summed E-state index contributed by atoms with van der Waals surface area (Å²) in [5.74, 6) is -0.974. The summed E-state index contributed by atoms with van der Waals surface area (Å²) in [5, 5.41) is 21.6. The number of Topliss-reactive ketones (excluding diaryl/α,β-unsaturated/α-hetero) is 1. The Morgan fingerprint density at radius 2 is 1.71 bits per heavy atom. The number of phenolic OH excluding ortho intramolecular Hbond substituents is 1. The number of ether oxygens (including phenoxy) is 1. The van der Waals surface area contributed by atoms with Crippen LogP contribution in [0.5, 0.6) is 11.5 Å². The van der Waals surface area contributed by atoms with Gasteiger partial charge in [0.2, 0.25) is 0 Å². The molecule has 2 N–H and O–H groups in total. The van der Waals surface area contributed by atoms with E-state index in [9.17, 15) is 19.8 Å². The Labute approximate surface area is 202 Å². The van der Waals surface area contributed by atoms with Crippen molar-refractivity contribution in [1.82, 2.24) is 4.90 Å². The molecule has 0 bridgehead atoms. The molecule has 1 unspecified atom stereocenters. The minimum Gasteiger partial charge on any atom is -0.508 e. The van der Waals surface area contributed by atoms with Crippen molar-refractivity contribution in [1.29, 1.82) is 0 Å². The lowest BCUT2D eigenvalue weighted by molar-refractivity contribution is -0.139. The summed E-state index contributed by atoms with van der Waals surface area (Å²) >= 11 is 5.97. The number of aryl methyl sites for hydroxylation is 1. The van der Waals surface area contributed by atoms with Gasteiger partial charge in [0.25, 0.3) is 11.7 Å². The molecule has 1 aliphatic rings. The molecule has 0 aromatic heterocycles. The molecule has 7 heteroatoms. The van der Waals surface area contributed by atoms with Crippen molar-refractivity contribution in [2.75, 3.05) is 13.7 Å². The maximum atomic E-state index is 13.1. The van der Waals surface area contributed by atoms with E-state index in [1.165, 1.54) is 17.0 Å². The number of aromatic hydroxyl groups is 1. The highest BCUT2D eigenvalue weighted by molar-refractivity contribution is 6.46. The number of nitrogens with zero attached hydrogens (tertiary/aromatic N) is 1. The number of phenols is 1. The summed E-state index contributed by atoms with van der Waals surface area (Å²) in [6.45, 7) is 2.09. The number of carbonyl (C=O) groups excluding carboxylic acids is 2. The van der Waals surface area contributed by atoms with Gasteiger partial charge in [-0.15, -0.1) is 0 Å². The Hall–Kier alpha value is -3.77. The third-order valence-corrected chi connectivity index (χ3v) is 6.22. The topological polar surface area (TPSA) is 87.1 Å². The van der Waals surface area contributed by atoms with E-state index in [0.29, 0.717) is 28.3 Å². The summed E-state index contributed by atoms with van der Waals surface area (Å²) in [6.07, 6.45) is 0.500. The van der Waals surface area contributed by atoms with E-state index in [4.69, 9.17) is 16.3 Å². The van der Waals surface area contributed by atoms with Gasteiger partial charge in [-0.3, -0.25) is 9.59 Å². The number of benzene rings is 3. The number of halogens is 1. The molecular formula is C27H24ClNO5. The van der Waals surface area contributed by atoms with E-state index < -0.39 is 17.7 Å². The van der Waals surface area contributed by atoms with Gasteiger partial charge >= 0.3 is 0 Å². The zero-order valence-corrected chi connectivity index (χ0v) is 19.5. The quantitative estimate of drug-likeness (QED) is 0.295. The Morgan fingerprint density at radius 1 is 1.03 bits per heavy atom. The number of ketones is 1. The predicted molar refractivity (Wildman–Crippen MR) is 130 cm³/mol. The molecule has 1 heterocycles. The molecule has 174 valence electrons. The van der Waals surface area contributed by atoms with E-state index in [2.05, 4.69) is 0 Å². The average molecular weight is 478 g/mol. The van der Waals surface area contributed by atoms with Gasteiger partial charge < -0.3 is 19.8 Å². The zero-order valence-electron chi connectivity index (χ0n) is 18.8. The van der Waals surface area contributed by atoms with Crippen LogP contribution in [0.25, 0.3) is 5.76 Å². The first-order valence-corrected chi connectivity index (χ1v) is 11.1. The van der Waals surface area contributed by atoms with Crippen molar-refractivity contribution in [2.24, 2.45) is 0 Å². The van der Waals surface area contributed by atoms with E-state index in [0.717, 1.165) is 11.1 Å². The maximum Gasteiger partial charge on any atom is 0.295 e. The molecule has 0 radical (unpaired) electrons. The van der Waals surface area contributed by atoms with Crippen LogP contribution in [0, 0.1) is 6.92 Å². The standard InChI is InChI=1S/C27H24ClNO5/c1-16-15-19(7-12-22(16)34-2)25(31)23-24(18-5-10-21(30)11-6-18)29(27(33)26(23)32)14-13-17-3-8-20(28)9-4-17/h3-12,15,24,30-31H,13-14H2,1-2H3/b25-23-. The number of carbonyl (C=O) groups is 2. The lowest BCUT2D eigenvalue weighted by Gasteiger charge is -2.25. The number of aliphatic hydroxyl groups excluding tert-OH is 1. The average Bonchev–Trinajstić information content (AvgIpc) is 3.08. The van der Waals surface area contributed by atoms with E-state index in [-0.39, 0.29) is 23.6 Å². The monoisotopic (exact) mass is 477 g/mol. The Balaban J connectivity index is 1.77. The van der Waals surface area contributed by atoms with Crippen molar-refractivity contribution in [3.63, 3.8) is 0 Å². The molecule has 1 saturated heterocycles. The first-order chi connectivity index (χ1) is 16.3. The van der Waals surface area contributed by atoms with Crippen LogP contribution >= 0.6 is 11.6 Å². The van der Waals surface area contributed by atoms with Crippen LogP contribution in [0.3, 0.4) is 0 Å². The number of amides is 1. The second-order valence-corrected chi connectivity index (χ2v) is 8.58. The third-order valence-electron chi connectivity index (χ3n) is 5.97. The lowest BCUT2D eigenvalue weighted by Crippen LogP contribution is -2.31. The molecule has 1 fully saturated rings. The SMILES string of the molecule is COc1ccc(/C(O)=C2/C(=O)C(=O)N(CCc3ccc(Cl)cc3)C2c2ccc(O)cc2)cc1C. The van der Waals surface area contributed by atoms with Crippen LogP contribution in [-0.4, -0.2) is 40.5 Å². The maximum absolute atomic E-state index is 13.1. The largest absolute Gasteiger partial charge is 0.508 e. The van der Waals surface area contributed by atoms with Gasteiger partial charge in [0.1, 0.15) is 17.3 Å². The van der Waals surface area contributed by atoms with Gasteiger partial charge in [0.05, 0.1) is 18.7 Å². The van der Waals surface area contributed by atoms with Crippen molar-refractivity contribution in [3.05, 3.63) is 99.6 Å². The normalized spacial score (nSPS) is 17.3. The first-order valence-electron chi connectivity index (χ1n) is 10.8. The zero-order chi connectivity index (χ0) is 24.4. The second-order valence-electron chi connectivity index (χ2n) is 8.14. The van der Waals surface area contributed by atoms with E-state index in [1.54, 1.807) is 49.6 Å². The molecule has 6 nitrogen and oxygen atoms in total. The highest BCUT2D eigenvalue weighted by Gasteiger charge is 2.45. The van der Waals surface area contributed by atoms with Crippen LogP contribution < -0.4 is 4.74 Å². The van der Waals surface area contributed by atoms with Crippen molar-refractivity contribution < 1.29 is 24.5 Å². The van der Waals surface area contributed by atoms with Crippen molar-refractivity contribution >= 4 is 29.1 Å². The molecule has 4 rings (SSSR count). The summed E-state index contributed by atoms with van der Waals surface area (Å²) in [7, 11) is 1.55. The van der Waals surface area contributed by atoms with Gasteiger partial charge in [0.15, 0.2) is 0 Å². The summed E-state index contributed by atoms with van der Waals surface area (Å²) < 4.78 is 5.28. The van der Waals surface area contributed by atoms with Crippen LogP contribution in [0.4, 0.5) is 0 Å². The van der Waals surface area contributed by atoms with Crippen LogP contribution in [0.2, 0.25) is 5.02 Å². The molecule has 0 aliphatic carbocycles. The Morgan fingerprint density at radius 3 is 2.32 bits per heavy atom. The fraction of sp³-hybridized carbons (Fsp3) is 0.185. The fourth-order valence-corrected chi connectivity index (χ4v) is 4.32. The number of aliphatic hydroxyl groups is 1. The summed E-state index contributed by atoms with van der Waals surface area (Å²) in [6, 6.07) is 17.8. The molecule has 34 heavy (non-hydrogen) atoms. The van der Waals surface area contributed by atoms with Crippen LogP contribution in [0.1, 0.15) is 28.3 Å². The van der Waals surface area contributed by atoms with E-state index in [1.807, 2.05) is 19.1 Å². The highest BCUT2D eigenvalue weighted by Crippen LogP contribution is 2.40. The van der Waals surface area contributed by atoms with Crippen LogP contribution in [0.15, 0.2) is 72.3 Å². The number of likely N-dealkylation sites (tertiary alicyclic amines) is 1. The molecule has 1 aliphatic heterocycles. The molecule has 1 amide bonds. The summed E-state index contributed by atoms with van der Waals surface area (Å²) in [4.78, 5) is 27.7. The molecule has 0 spiro atoms. The smallest absolute Gasteiger partial charge is 0.295 e. The predicted octanol–water partition coefficient (Wildman–Crippen LogP) is 5.03.